The van der Waals surface area contributed by atoms with E-state index in [4.69, 9.17) is 4.74 Å². The van der Waals surface area contributed by atoms with Crippen molar-refractivity contribution in [2.75, 3.05) is 25.5 Å². The van der Waals surface area contributed by atoms with E-state index in [0.29, 0.717) is 13.0 Å². The van der Waals surface area contributed by atoms with E-state index in [1.807, 2.05) is 55.5 Å². The smallest absolute Gasteiger partial charge is 0.307 e. The maximum absolute atomic E-state index is 12.7. The zero-order valence-electron chi connectivity index (χ0n) is 22.8. The Morgan fingerprint density at radius 1 is 0.875 bits per heavy atom. The fourth-order valence-electron chi connectivity index (χ4n) is 4.39. The number of methoxy groups -OCH3 is 1. The van der Waals surface area contributed by atoms with Crippen LogP contribution in [0.4, 0.5) is 5.82 Å². The van der Waals surface area contributed by atoms with E-state index in [2.05, 4.69) is 51.3 Å². The average Bonchev–Trinajstić information content (AvgIpc) is 2.97. The molecule has 1 heterocycles. The van der Waals surface area contributed by atoms with Gasteiger partial charge in [-0.05, 0) is 64.6 Å². The number of benzene rings is 3. The molecule has 0 fully saturated rings. The molecular formula is C32H34N4O4. The molecule has 0 radical (unpaired) electrons. The lowest BCUT2D eigenvalue weighted by Crippen LogP contribution is -2.39. The quantitative estimate of drug-likeness (QED) is 0.174. The summed E-state index contributed by atoms with van der Waals surface area (Å²) in [6, 6.07) is 25.5. The Kier molecular flexibility index (Phi) is 9.83. The summed E-state index contributed by atoms with van der Waals surface area (Å²) in [6.45, 7) is 2.40. The normalized spacial score (nSPS) is 11.4. The number of esters is 1. The van der Waals surface area contributed by atoms with Crippen LogP contribution in [-0.2, 0) is 19.1 Å². The molecule has 0 aliphatic carbocycles. The summed E-state index contributed by atoms with van der Waals surface area (Å²) >= 11 is 0. The van der Waals surface area contributed by atoms with Crippen molar-refractivity contribution in [2.45, 2.75) is 32.2 Å². The van der Waals surface area contributed by atoms with Gasteiger partial charge in [-0.1, -0.05) is 60.7 Å². The Balaban J connectivity index is 1.30. The molecular weight excluding hydrogens is 504 g/mol. The fraction of sp³-hybridized carbons (Fsp3) is 0.250. The molecule has 0 saturated carbocycles. The van der Waals surface area contributed by atoms with Crippen LogP contribution in [0.25, 0.3) is 21.9 Å². The first-order valence-electron chi connectivity index (χ1n) is 13.3. The molecule has 0 spiro atoms. The number of nitrogens with one attached hydrogen (secondary N) is 3. The number of aryl methyl sites for hydroxylation is 1. The lowest BCUT2D eigenvalue weighted by Gasteiger charge is -2.19. The molecule has 3 N–H and O–H groups in total. The second-order valence-electron chi connectivity index (χ2n) is 9.61. The number of amides is 2. The summed E-state index contributed by atoms with van der Waals surface area (Å²) < 4.78 is 4.84. The van der Waals surface area contributed by atoms with Crippen LogP contribution in [0.2, 0.25) is 0 Å². The van der Waals surface area contributed by atoms with E-state index in [0.717, 1.165) is 33.5 Å². The lowest BCUT2D eigenvalue weighted by atomic mass is 9.97. The van der Waals surface area contributed by atoms with Gasteiger partial charge in [0.05, 0.1) is 26.1 Å². The van der Waals surface area contributed by atoms with Gasteiger partial charge in [0.2, 0.25) is 11.8 Å². The maximum Gasteiger partial charge on any atom is 0.307 e. The van der Waals surface area contributed by atoms with Gasteiger partial charge in [0.1, 0.15) is 5.82 Å². The Hall–Kier alpha value is -4.72. The number of pyridine rings is 1. The molecule has 0 aliphatic heterocycles. The predicted molar refractivity (Wildman–Crippen MR) is 157 cm³/mol. The van der Waals surface area contributed by atoms with Crippen molar-refractivity contribution in [1.29, 1.82) is 0 Å². The zero-order valence-corrected chi connectivity index (χ0v) is 22.8. The average molecular weight is 539 g/mol. The molecule has 40 heavy (non-hydrogen) atoms. The monoisotopic (exact) mass is 538 g/mol. The third-order valence-electron chi connectivity index (χ3n) is 6.58. The van der Waals surface area contributed by atoms with Crippen LogP contribution in [0.5, 0.6) is 0 Å². The number of hydrogen-bond acceptors (Lipinski definition) is 6. The summed E-state index contributed by atoms with van der Waals surface area (Å²) in [5.41, 5.74) is 3.97. The molecule has 8 nitrogen and oxygen atoms in total. The van der Waals surface area contributed by atoms with Crippen molar-refractivity contribution in [3.05, 3.63) is 96.2 Å². The van der Waals surface area contributed by atoms with Crippen LogP contribution in [0.1, 0.15) is 36.4 Å². The zero-order chi connectivity index (χ0) is 28.3. The largest absolute Gasteiger partial charge is 0.469 e. The molecule has 3 aromatic carbocycles. The number of hydrogen-bond donors (Lipinski definition) is 3. The second-order valence-corrected chi connectivity index (χ2v) is 9.61. The Morgan fingerprint density at radius 3 is 2.38 bits per heavy atom. The number of carbonyl (C=O) groups excluding carboxylic acids is 3. The number of nitrogens with zero attached hydrogens (tertiary/aromatic N) is 1. The molecule has 2 amide bonds. The molecule has 0 aliphatic rings. The van der Waals surface area contributed by atoms with E-state index in [1.54, 1.807) is 6.20 Å². The van der Waals surface area contributed by atoms with Crippen molar-refractivity contribution >= 4 is 34.4 Å². The third-order valence-corrected chi connectivity index (χ3v) is 6.58. The third kappa shape index (κ3) is 8.14. The minimum Gasteiger partial charge on any atom is -0.469 e. The second kappa shape index (κ2) is 13.9. The standard InChI is InChI=1S/C32H34N4O4/c1-22-15-17-34-29(18-22)33-16-5-8-30(37)35-21-31(38)36-28(20-32(39)40-2)25-12-9-24(10-13-25)27-14-11-23-6-3-4-7-26(23)19-27/h3-4,6-7,9-15,17-19,28H,5,8,16,20-21H2,1-2H3,(H,33,34)(H,35,37)(H,36,38). The predicted octanol–water partition coefficient (Wildman–Crippen LogP) is 4.94. The first kappa shape index (κ1) is 28.3. The SMILES string of the molecule is COC(=O)CC(NC(=O)CNC(=O)CCCNc1cc(C)ccn1)c1ccc(-c2ccc3ccccc3c2)cc1. The van der Waals surface area contributed by atoms with E-state index in [1.165, 1.54) is 12.5 Å². The Labute approximate surface area is 234 Å². The molecule has 4 rings (SSSR count). The van der Waals surface area contributed by atoms with Gasteiger partial charge in [-0.25, -0.2) is 4.98 Å². The Bertz CT molecular complexity index is 1470. The van der Waals surface area contributed by atoms with Crippen LogP contribution in [0, 0.1) is 6.92 Å². The van der Waals surface area contributed by atoms with Gasteiger partial charge in [0.25, 0.3) is 0 Å². The first-order chi connectivity index (χ1) is 19.4. The van der Waals surface area contributed by atoms with Crippen molar-refractivity contribution in [3.8, 4) is 11.1 Å². The molecule has 8 heteroatoms. The van der Waals surface area contributed by atoms with Crippen molar-refractivity contribution < 1.29 is 19.1 Å². The molecule has 1 aromatic heterocycles. The molecule has 4 aromatic rings. The topological polar surface area (TPSA) is 109 Å². The molecule has 1 unspecified atom stereocenters. The summed E-state index contributed by atoms with van der Waals surface area (Å²) in [5, 5.41) is 11.0. The van der Waals surface area contributed by atoms with Crippen LogP contribution < -0.4 is 16.0 Å². The fourth-order valence-corrected chi connectivity index (χ4v) is 4.39. The highest BCUT2D eigenvalue weighted by molar-refractivity contribution is 5.87. The number of anilines is 1. The van der Waals surface area contributed by atoms with Gasteiger partial charge in [0.15, 0.2) is 0 Å². The molecule has 206 valence electrons. The highest BCUT2D eigenvalue weighted by Gasteiger charge is 2.19. The number of aromatic nitrogens is 1. The van der Waals surface area contributed by atoms with E-state index >= 15 is 0 Å². The number of carbonyl (C=O) groups is 3. The van der Waals surface area contributed by atoms with Gasteiger partial charge >= 0.3 is 5.97 Å². The van der Waals surface area contributed by atoms with Crippen molar-refractivity contribution in [1.82, 2.24) is 15.6 Å². The van der Waals surface area contributed by atoms with Crippen molar-refractivity contribution in [2.24, 2.45) is 0 Å². The summed E-state index contributed by atoms with van der Waals surface area (Å²) in [7, 11) is 1.31. The molecule has 0 saturated heterocycles. The van der Waals surface area contributed by atoms with E-state index in [-0.39, 0.29) is 31.2 Å². The van der Waals surface area contributed by atoms with Gasteiger partial charge in [-0.2, -0.15) is 0 Å². The Morgan fingerprint density at radius 2 is 1.62 bits per heavy atom. The van der Waals surface area contributed by atoms with Gasteiger partial charge in [0, 0.05) is 19.2 Å². The number of fused-ring (bicyclic) bond motifs is 1. The van der Waals surface area contributed by atoms with E-state index in [9.17, 15) is 14.4 Å². The maximum atomic E-state index is 12.7. The van der Waals surface area contributed by atoms with Gasteiger partial charge in [-0.3, -0.25) is 14.4 Å². The molecule has 1 atom stereocenters. The van der Waals surface area contributed by atoms with Crippen LogP contribution in [0.15, 0.2) is 85.1 Å². The van der Waals surface area contributed by atoms with Crippen LogP contribution >= 0.6 is 0 Å². The number of ether oxygens (including phenoxy) is 1. The number of rotatable bonds is 12. The van der Waals surface area contributed by atoms with Gasteiger partial charge in [-0.15, -0.1) is 0 Å². The summed E-state index contributed by atoms with van der Waals surface area (Å²) in [6.07, 6.45) is 2.57. The minimum absolute atomic E-state index is 0.0236. The van der Waals surface area contributed by atoms with Crippen molar-refractivity contribution in [3.63, 3.8) is 0 Å². The first-order valence-corrected chi connectivity index (χ1v) is 13.3. The van der Waals surface area contributed by atoms with Gasteiger partial charge < -0.3 is 20.7 Å². The highest BCUT2D eigenvalue weighted by atomic mass is 16.5. The van der Waals surface area contributed by atoms with Crippen LogP contribution in [-0.4, -0.2) is 43.0 Å². The van der Waals surface area contributed by atoms with Crippen LogP contribution in [0.3, 0.4) is 0 Å². The summed E-state index contributed by atoms with van der Waals surface area (Å²) in [4.78, 5) is 41.2. The van der Waals surface area contributed by atoms with E-state index < -0.39 is 12.0 Å². The lowest BCUT2D eigenvalue weighted by molar-refractivity contribution is -0.141. The minimum atomic E-state index is -0.589. The highest BCUT2D eigenvalue weighted by Crippen LogP contribution is 2.27. The summed E-state index contributed by atoms with van der Waals surface area (Å²) in [5.74, 6) is -0.286. The molecule has 0 bridgehead atoms.